The Balaban J connectivity index is 0.00000272. The number of halogens is 1. The molecule has 0 atom stereocenters. The van der Waals surface area contributed by atoms with Crippen molar-refractivity contribution in [1.29, 1.82) is 0 Å². The summed E-state index contributed by atoms with van der Waals surface area (Å²) < 4.78 is 5.29. The predicted octanol–water partition coefficient (Wildman–Crippen LogP) is 4.59. The van der Waals surface area contributed by atoms with Crippen LogP contribution in [0, 0.1) is 0 Å². The summed E-state index contributed by atoms with van der Waals surface area (Å²) in [6.45, 7) is 3.38. The Morgan fingerprint density at radius 2 is 1.55 bits per heavy atom. The van der Waals surface area contributed by atoms with E-state index >= 15 is 0 Å². The van der Waals surface area contributed by atoms with Crippen molar-refractivity contribution in [3.8, 4) is 5.75 Å². The van der Waals surface area contributed by atoms with Crippen LogP contribution in [0.15, 0.2) is 48.5 Å². The molecule has 1 aliphatic heterocycles. The molecular weight excluding hydrogens is 416 g/mol. The van der Waals surface area contributed by atoms with Crippen molar-refractivity contribution in [2.45, 2.75) is 19.8 Å². The van der Waals surface area contributed by atoms with E-state index in [0.29, 0.717) is 23.4 Å². The number of carbonyl (C=O) groups excluding carboxylic acids is 1. The van der Waals surface area contributed by atoms with Gasteiger partial charge >= 0.3 is 0 Å². The summed E-state index contributed by atoms with van der Waals surface area (Å²) in [6.07, 6.45) is 2.24. The van der Waals surface area contributed by atoms with Gasteiger partial charge in [-0.3, -0.25) is 4.79 Å². The summed E-state index contributed by atoms with van der Waals surface area (Å²) >= 11 is 0. The number of hydrogen-bond acceptors (Lipinski definition) is 8. The molecule has 2 heterocycles. The van der Waals surface area contributed by atoms with Crippen LogP contribution in [0.2, 0.25) is 0 Å². The third-order valence-corrected chi connectivity index (χ3v) is 4.86. The Kier molecular flexibility index (Phi) is 7.25. The predicted molar refractivity (Wildman–Crippen MR) is 125 cm³/mol. The first-order valence-electron chi connectivity index (χ1n) is 9.91. The molecule has 0 amide bonds. The highest BCUT2D eigenvalue weighted by molar-refractivity contribution is 5.95. The molecule has 162 valence electrons. The molecule has 1 fully saturated rings. The van der Waals surface area contributed by atoms with Crippen LogP contribution in [0.5, 0.6) is 5.75 Å². The van der Waals surface area contributed by atoms with E-state index in [9.17, 15) is 4.79 Å². The lowest BCUT2D eigenvalue weighted by Crippen LogP contribution is -2.21. The molecule has 2 N–H and O–H groups in total. The van der Waals surface area contributed by atoms with Crippen molar-refractivity contribution < 1.29 is 9.53 Å². The SMILES string of the molecule is COc1cccc(Nc2nc(Nc3cccc(C(C)=O)c3)nc(N3CCCC3)n2)c1.Cl. The van der Waals surface area contributed by atoms with E-state index in [2.05, 4.69) is 30.5 Å². The standard InChI is InChI=1S/C22H24N6O2.ClH/c1-15(29)16-7-5-8-17(13-16)23-20-25-21(24-18-9-6-10-19(14-18)30-2)27-22(26-20)28-11-3-4-12-28;/h5-10,13-14H,3-4,11-12H2,1-2H3,(H2,23,24,25,26,27);1H. The second-order valence-corrected chi connectivity index (χ2v) is 7.10. The number of anilines is 5. The highest BCUT2D eigenvalue weighted by atomic mass is 35.5. The Morgan fingerprint density at radius 3 is 2.16 bits per heavy atom. The number of hydrogen-bond donors (Lipinski definition) is 2. The smallest absolute Gasteiger partial charge is 0.233 e. The number of ether oxygens (including phenoxy) is 1. The van der Waals surface area contributed by atoms with E-state index in [-0.39, 0.29) is 18.2 Å². The third-order valence-electron chi connectivity index (χ3n) is 4.86. The Bertz CT molecular complexity index is 1060. The number of nitrogens with one attached hydrogen (secondary N) is 2. The van der Waals surface area contributed by atoms with Gasteiger partial charge in [0.05, 0.1) is 7.11 Å². The number of Topliss-reactive ketones (excluding diaryl/α,β-unsaturated/α-hetero) is 1. The van der Waals surface area contributed by atoms with Crippen LogP contribution in [-0.4, -0.2) is 40.9 Å². The minimum absolute atomic E-state index is 0. The number of rotatable bonds is 7. The summed E-state index contributed by atoms with van der Waals surface area (Å²) in [4.78, 5) is 27.6. The molecule has 8 nitrogen and oxygen atoms in total. The number of aromatic nitrogens is 3. The van der Waals surface area contributed by atoms with Crippen molar-refractivity contribution >= 4 is 47.4 Å². The number of methoxy groups -OCH3 is 1. The molecule has 0 aliphatic carbocycles. The van der Waals surface area contributed by atoms with E-state index in [1.165, 1.54) is 0 Å². The van der Waals surface area contributed by atoms with E-state index < -0.39 is 0 Å². The van der Waals surface area contributed by atoms with Gasteiger partial charge < -0.3 is 20.3 Å². The molecule has 0 unspecified atom stereocenters. The minimum atomic E-state index is 0. The van der Waals surface area contributed by atoms with E-state index in [1.807, 2.05) is 36.4 Å². The van der Waals surface area contributed by atoms with Gasteiger partial charge in [-0.15, -0.1) is 12.4 Å². The van der Waals surface area contributed by atoms with Crippen LogP contribution < -0.4 is 20.3 Å². The van der Waals surface area contributed by atoms with Crippen LogP contribution in [0.3, 0.4) is 0 Å². The van der Waals surface area contributed by atoms with Gasteiger partial charge in [0.2, 0.25) is 17.8 Å². The topological polar surface area (TPSA) is 92.3 Å². The highest BCUT2D eigenvalue weighted by Gasteiger charge is 2.18. The average Bonchev–Trinajstić information content (AvgIpc) is 3.29. The van der Waals surface area contributed by atoms with Crippen LogP contribution >= 0.6 is 12.4 Å². The quantitative estimate of drug-likeness (QED) is 0.515. The van der Waals surface area contributed by atoms with Crippen molar-refractivity contribution in [1.82, 2.24) is 15.0 Å². The molecule has 2 aromatic carbocycles. The molecule has 31 heavy (non-hydrogen) atoms. The first-order chi connectivity index (χ1) is 14.6. The number of ketones is 1. The van der Waals surface area contributed by atoms with Gasteiger partial charge in [-0.1, -0.05) is 18.2 Å². The van der Waals surface area contributed by atoms with Gasteiger partial charge in [0.25, 0.3) is 0 Å². The summed E-state index contributed by atoms with van der Waals surface area (Å²) in [5, 5.41) is 6.44. The summed E-state index contributed by atoms with van der Waals surface area (Å²) in [5.74, 6) is 2.22. The lowest BCUT2D eigenvalue weighted by molar-refractivity contribution is 0.101. The lowest BCUT2D eigenvalue weighted by atomic mass is 10.1. The Morgan fingerprint density at radius 1 is 0.935 bits per heavy atom. The molecule has 0 saturated carbocycles. The van der Waals surface area contributed by atoms with E-state index in [0.717, 1.165) is 43.1 Å². The van der Waals surface area contributed by atoms with Gasteiger partial charge in [0.15, 0.2) is 5.78 Å². The zero-order valence-electron chi connectivity index (χ0n) is 17.5. The molecule has 0 spiro atoms. The number of benzene rings is 2. The summed E-state index contributed by atoms with van der Waals surface area (Å²) in [7, 11) is 1.63. The largest absolute Gasteiger partial charge is 0.497 e. The molecule has 1 aromatic heterocycles. The van der Waals surface area contributed by atoms with Crippen molar-refractivity contribution in [2.75, 3.05) is 35.7 Å². The molecule has 1 aliphatic rings. The maximum absolute atomic E-state index is 11.7. The van der Waals surface area contributed by atoms with Gasteiger partial charge in [-0.25, -0.2) is 0 Å². The molecule has 1 saturated heterocycles. The van der Waals surface area contributed by atoms with Crippen LogP contribution in [-0.2, 0) is 0 Å². The first kappa shape index (κ1) is 22.3. The van der Waals surface area contributed by atoms with Gasteiger partial charge in [0.1, 0.15) is 5.75 Å². The molecule has 9 heteroatoms. The van der Waals surface area contributed by atoms with Crippen LogP contribution in [0.4, 0.5) is 29.2 Å². The number of carbonyl (C=O) groups is 1. The maximum Gasteiger partial charge on any atom is 0.233 e. The fourth-order valence-electron chi connectivity index (χ4n) is 3.31. The Hall–Kier alpha value is -3.39. The molecule has 0 bridgehead atoms. The maximum atomic E-state index is 11.7. The first-order valence-corrected chi connectivity index (χ1v) is 9.91. The van der Waals surface area contributed by atoms with Crippen LogP contribution in [0.1, 0.15) is 30.1 Å². The summed E-state index contributed by atoms with van der Waals surface area (Å²) in [6, 6.07) is 14.9. The van der Waals surface area contributed by atoms with Crippen LogP contribution in [0.25, 0.3) is 0 Å². The molecule has 0 radical (unpaired) electrons. The van der Waals surface area contributed by atoms with E-state index in [4.69, 9.17) is 4.74 Å². The fraction of sp³-hybridized carbons (Fsp3) is 0.273. The average molecular weight is 441 g/mol. The van der Waals surface area contributed by atoms with Gasteiger partial charge in [-0.05, 0) is 44.0 Å². The molecule has 3 aromatic rings. The van der Waals surface area contributed by atoms with Gasteiger partial charge in [-0.2, -0.15) is 15.0 Å². The molecular formula is C22H25ClN6O2. The third kappa shape index (κ3) is 5.61. The molecule has 4 rings (SSSR count). The minimum Gasteiger partial charge on any atom is -0.497 e. The monoisotopic (exact) mass is 440 g/mol. The van der Waals surface area contributed by atoms with Crippen molar-refractivity contribution in [3.05, 3.63) is 54.1 Å². The van der Waals surface area contributed by atoms with Gasteiger partial charge in [0, 0.05) is 36.1 Å². The second-order valence-electron chi connectivity index (χ2n) is 7.10. The van der Waals surface area contributed by atoms with Crippen molar-refractivity contribution in [2.24, 2.45) is 0 Å². The lowest BCUT2D eigenvalue weighted by Gasteiger charge is -2.17. The van der Waals surface area contributed by atoms with Crippen molar-refractivity contribution in [3.63, 3.8) is 0 Å². The fourth-order valence-corrected chi connectivity index (χ4v) is 3.31. The zero-order valence-corrected chi connectivity index (χ0v) is 18.3. The highest BCUT2D eigenvalue weighted by Crippen LogP contribution is 2.24. The number of nitrogens with zero attached hydrogens (tertiary/aromatic N) is 4. The zero-order chi connectivity index (χ0) is 20.9. The van der Waals surface area contributed by atoms with E-state index in [1.54, 1.807) is 26.2 Å². The normalized spacial score (nSPS) is 12.8. The second kappa shape index (κ2) is 10.1. The Labute approximate surface area is 187 Å². The summed E-state index contributed by atoms with van der Waals surface area (Å²) in [5.41, 5.74) is 2.19.